The van der Waals surface area contributed by atoms with Gasteiger partial charge < -0.3 is 15.0 Å². The van der Waals surface area contributed by atoms with Gasteiger partial charge in [0.15, 0.2) is 0 Å². The van der Waals surface area contributed by atoms with Crippen LogP contribution in [0.1, 0.15) is 38.8 Å². The fraction of sp³-hybridized carbons (Fsp3) is 0.375. The third kappa shape index (κ3) is 3.50. The molecule has 1 heterocycles. The summed E-state index contributed by atoms with van der Waals surface area (Å²) < 4.78 is 5.86. The smallest absolute Gasteiger partial charge is 0.412 e. The molecule has 0 aliphatic carbocycles. The monoisotopic (exact) mass is 366 g/mol. The van der Waals surface area contributed by atoms with Crippen LogP contribution in [0, 0.1) is 0 Å². The van der Waals surface area contributed by atoms with Crippen LogP contribution in [0.15, 0.2) is 35.0 Å². The first kappa shape index (κ1) is 16.5. The van der Waals surface area contributed by atoms with Crippen molar-refractivity contribution >= 4 is 33.6 Å². The lowest BCUT2D eigenvalue weighted by Gasteiger charge is -2.39. The maximum atomic E-state index is 11.9. The minimum atomic E-state index is -0.535. The second kappa shape index (κ2) is 6.52. The zero-order valence-electron chi connectivity index (χ0n) is 12.9. The van der Waals surface area contributed by atoms with Gasteiger partial charge in [-0.3, -0.25) is 4.79 Å². The van der Waals surface area contributed by atoms with E-state index in [0.717, 1.165) is 15.7 Å². The second-order valence-electron chi connectivity index (χ2n) is 5.47. The number of anilines is 1. The highest BCUT2D eigenvalue weighted by Crippen LogP contribution is 2.38. The minimum Gasteiger partial charge on any atom is -0.416 e. The van der Waals surface area contributed by atoms with E-state index >= 15 is 0 Å². The summed E-state index contributed by atoms with van der Waals surface area (Å²) in [5.74, 6) is 0.320. The van der Waals surface area contributed by atoms with Gasteiger partial charge in [0.2, 0.25) is 5.91 Å². The van der Waals surface area contributed by atoms with Gasteiger partial charge in [0.25, 0.3) is 0 Å². The standard InChI is InChI=1S/C16H19BrN2O3/c1-9(2)22-16(21)18-14-7-10(3)19(11(4)20)15-6-5-12(17)8-13(14)15/h5-6,8,10,14H,1,7H2,2-4H3,(H,18,21)/t10-,14+/m0/s1. The Labute approximate surface area is 138 Å². The summed E-state index contributed by atoms with van der Waals surface area (Å²) in [6.07, 6.45) is 0.0841. The lowest BCUT2D eigenvalue weighted by Crippen LogP contribution is -2.45. The lowest BCUT2D eigenvalue weighted by molar-refractivity contribution is -0.117. The van der Waals surface area contributed by atoms with E-state index < -0.39 is 6.09 Å². The van der Waals surface area contributed by atoms with Gasteiger partial charge in [0, 0.05) is 23.1 Å². The maximum Gasteiger partial charge on any atom is 0.412 e. The number of hydrogen-bond donors (Lipinski definition) is 1. The second-order valence-corrected chi connectivity index (χ2v) is 6.38. The average Bonchev–Trinajstić information content (AvgIpc) is 2.37. The van der Waals surface area contributed by atoms with Crippen LogP contribution in [0.3, 0.4) is 0 Å². The predicted molar refractivity (Wildman–Crippen MR) is 88.6 cm³/mol. The third-order valence-electron chi connectivity index (χ3n) is 3.54. The Kier molecular flexibility index (Phi) is 4.90. The molecule has 0 spiro atoms. The summed E-state index contributed by atoms with van der Waals surface area (Å²) in [6.45, 7) is 8.68. The molecule has 1 aliphatic rings. The number of carbonyl (C=O) groups excluding carboxylic acids is 2. The first-order valence-electron chi connectivity index (χ1n) is 7.02. The summed E-state index contributed by atoms with van der Waals surface area (Å²) in [7, 11) is 0. The van der Waals surface area contributed by atoms with E-state index in [1.54, 1.807) is 18.7 Å². The van der Waals surface area contributed by atoms with E-state index in [4.69, 9.17) is 4.74 Å². The summed E-state index contributed by atoms with van der Waals surface area (Å²) >= 11 is 3.43. The normalized spacial score (nSPS) is 20.1. The van der Waals surface area contributed by atoms with Crippen LogP contribution >= 0.6 is 15.9 Å². The Morgan fingerprint density at radius 2 is 2.09 bits per heavy atom. The predicted octanol–water partition coefficient (Wildman–Crippen LogP) is 3.90. The Morgan fingerprint density at radius 3 is 2.68 bits per heavy atom. The average molecular weight is 367 g/mol. The first-order chi connectivity index (χ1) is 10.3. The molecule has 0 fully saturated rings. The number of alkyl carbamates (subject to hydrolysis) is 1. The zero-order chi connectivity index (χ0) is 16.4. The molecule has 0 saturated carbocycles. The summed E-state index contributed by atoms with van der Waals surface area (Å²) in [4.78, 5) is 25.5. The van der Waals surface area contributed by atoms with Crippen molar-refractivity contribution in [2.75, 3.05) is 4.90 Å². The van der Waals surface area contributed by atoms with Crippen LogP contribution in [0.2, 0.25) is 0 Å². The molecule has 0 saturated heterocycles. The highest BCUT2D eigenvalue weighted by atomic mass is 79.9. The van der Waals surface area contributed by atoms with Crippen molar-refractivity contribution in [1.29, 1.82) is 0 Å². The molecule has 0 radical (unpaired) electrons. The van der Waals surface area contributed by atoms with E-state index in [9.17, 15) is 9.59 Å². The largest absolute Gasteiger partial charge is 0.416 e. The number of amides is 2. The quantitative estimate of drug-likeness (QED) is 0.807. The van der Waals surface area contributed by atoms with Gasteiger partial charge in [-0.25, -0.2) is 4.79 Å². The summed E-state index contributed by atoms with van der Waals surface area (Å²) in [6, 6.07) is 5.46. The lowest BCUT2D eigenvalue weighted by atomic mass is 9.91. The molecule has 22 heavy (non-hydrogen) atoms. The zero-order valence-corrected chi connectivity index (χ0v) is 14.4. The van der Waals surface area contributed by atoms with Gasteiger partial charge in [-0.1, -0.05) is 22.5 Å². The summed E-state index contributed by atoms with van der Waals surface area (Å²) in [5, 5.41) is 2.84. The number of ether oxygens (including phenoxy) is 1. The van der Waals surface area contributed by atoms with Gasteiger partial charge in [-0.15, -0.1) is 0 Å². The van der Waals surface area contributed by atoms with Crippen LogP contribution in [0.4, 0.5) is 10.5 Å². The van der Waals surface area contributed by atoms with Crippen LogP contribution in [0.5, 0.6) is 0 Å². The maximum absolute atomic E-state index is 11.9. The molecule has 2 atom stereocenters. The minimum absolute atomic E-state index is 0.0127. The van der Waals surface area contributed by atoms with Crippen LogP contribution in [-0.2, 0) is 9.53 Å². The SMILES string of the molecule is C=C(C)OC(=O)N[C@@H]1C[C@H](C)N(C(C)=O)c2ccc(Br)cc21. The number of halogens is 1. The molecule has 1 N–H and O–H groups in total. The highest BCUT2D eigenvalue weighted by Gasteiger charge is 2.33. The molecule has 2 amide bonds. The Bertz CT molecular complexity index is 630. The molecule has 118 valence electrons. The number of carbonyl (C=O) groups is 2. The molecule has 1 aromatic rings. The molecular weight excluding hydrogens is 348 g/mol. The third-order valence-corrected chi connectivity index (χ3v) is 4.03. The van der Waals surface area contributed by atoms with E-state index in [1.165, 1.54) is 0 Å². The number of allylic oxidation sites excluding steroid dienone is 1. The van der Waals surface area contributed by atoms with Crippen molar-refractivity contribution < 1.29 is 14.3 Å². The van der Waals surface area contributed by atoms with Gasteiger partial charge >= 0.3 is 6.09 Å². The van der Waals surface area contributed by atoms with Gasteiger partial charge in [-0.2, -0.15) is 0 Å². The molecule has 0 bridgehead atoms. The summed E-state index contributed by atoms with van der Waals surface area (Å²) in [5.41, 5.74) is 1.71. The van der Waals surface area contributed by atoms with Crippen LogP contribution in [-0.4, -0.2) is 18.0 Å². The molecule has 0 aromatic heterocycles. The number of rotatable bonds is 2. The van der Waals surface area contributed by atoms with Crippen molar-refractivity contribution in [1.82, 2.24) is 5.32 Å². The topological polar surface area (TPSA) is 58.6 Å². The molecule has 1 aliphatic heterocycles. The van der Waals surface area contributed by atoms with E-state index in [0.29, 0.717) is 12.2 Å². The number of fused-ring (bicyclic) bond motifs is 1. The Morgan fingerprint density at radius 1 is 1.41 bits per heavy atom. The van der Waals surface area contributed by atoms with Crippen molar-refractivity contribution in [2.24, 2.45) is 0 Å². The number of nitrogens with one attached hydrogen (secondary N) is 1. The fourth-order valence-corrected chi connectivity index (χ4v) is 3.16. The van der Waals surface area contributed by atoms with Crippen molar-refractivity contribution in [3.8, 4) is 0 Å². The number of nitrogens with zero attached hydrogens (tertiary/aromatic N) is 1. The van der Waals surface area contributed by atoms with Crippen LogP contribution < -0.4 is 10.2 Å². The van der Waals surface area contributed by atoms with E-state index in [2.05, 4.69) is 27.8 Å². The molecule has 5 nitrogen and oxygen atoms in total. The molecule has 0 unspecified atom stereocenters. The van der Waals surface area contributed by atoms with Gasteiger partial charge in [0.1, 0.15) is 0 Å². The number of benzene rings is 1. The van der Waals surface area contributed by atoms with Crippen molar-refractivity contribution in [2.45, 2.75) is 39.3 Å². The molecule has 2 rings (SSSR count). The van der Waals surface area contributed by atoms with Crippen molar-refractivity contribution in [3.05, 3.63) is 40.6 Å². The fourth-order valence-electron chi connectivity index (χ4n) is 2.78. The molecular formula is C16H19BrN2O3. The first-order valence-corrected chi connectivity index (χ1v) is 7.82. The van der Waals surface area contributed by atoms with Crippen LogP contribution in [0.25, 0.3) is 0 Å². The van der Waals surface area contributed by atoms with E-state index in [-0.39, 0.29) is 18.0 Å². The highest BCUT2D eigenvalue weighted by molar-refractivity contribution is 9.10. The Hall–Kier alpha value is -1.82. The van der Waals surface area contributed by atoms with Gasteiger partial charge in [-0.05, 0) is 44.0 Å². The van der Waals surface area contributed by atoms with Gasteiger partial charge in [0.05, 0.1) is 11.8 Å². The van der Waals surface area contributed by atoms with Crippen molar-refractivity contribution in [3.63, 3.8) is 0 Å². The molecule has 1 aromatic carbocycles. The number of hydrogen-bond acceptors (Lipinski definition) is 3. The van der Waals surface area contributed by atoms with E-state index in [1.807, 2.05) is 25.1 Å². The molecule has 6 heteroatoms. The Balaban J connectivity index is 2.35.